The van der Waals surface area contributed by atoms with Crippen LogP contribution < -0.4 is 0 Å². The predicted molar refractivity (Wildman–Crippen MR) is 61.6 cm³/mol. The van der Waals surface area contributed by atoms with Gasteiger partial charge in [0.15, 0.2) is 12.8 Å². The van der Waals surface area contributed by atoms with Crippen molar-refractivity contribution in [1.82, 2.24) is 9.96 Å². The zero-order valence-electron chi connectivity index (χ0n) is 9.94. The molecule has 6 heteroatoms. The number of hydroxylamine groups is 2. The minimum atomic E-state index is -0.727. The van der Waals surface area contributed by atoms with E-state index in [0.717, 1.165) is 5.06 Å². The van der Waals surface area contributed by atoms with Gasteiger partial charge in [0.25, 0.3) is 5.91 Å². The summed E-state index contributed by atoms with van der Waals surface area (Å²) in [5.74, 6) is -0.682. The minimum Gasteiger partial charge on any atom is -0.376 e. The monoisotopic (exact) mass is 250 g/mol. The lowest BCUT2D eigenvalue weighted by molar-refractivity contribution is -0.248. The van der Waals surface area contributed by atoms with E-state index >= 15 is 0 Å². The molecule has 1 aliphatic rings. The summed E-state index contributed by atoms with van der Waals surface area (Å²) < 4.78 is 0. The van der Waals surface area contributed by atoms with Crippen molar-refractivity contribution in [2.45, 2.75) is 13.1 Å². The van der Waals surface area contributed by atoms with Gasteiger partial charge in [-0.05, 0) is 5.56 Å². The first kappa shape index (κ1) is 12.5. The molecule has 0 bridgehead atoms. The second kappa shape index (κ2) is 5.16. The van der Waals surface area contributed by atoms with Crippen LogP contribution in [0.3, 0.4) is 0 Å². The average molecular weight is 250 g/mol. The molecule has 1 saturated heterocycles. The number of amides is 2. The number of aliphatic hydroxyl groups excluding tert-OH is 1. The first-order valence-electron chi connectivity index (χ1n) is 5.53. The maximum Gasteiger partial charge on any atom is 0.255 e. The van der Waals surface area contributed by atoms with Gasteiger partial charge in [0.2, 0.25) is 5.91 Å². The van der Waals surface area contributed by atoms with Crippen molar-refractivity contribution in [3.8, 4) is 0 Å². The molecular weight excluding hydrogens is 236 g/mol. The molecule has 6 nitrogen and oxygen atoms in total. The molecule has 2 amide bonds. The third-order valence-electron chi connectivity index (χ3n) is 2.73. The van der Waals surface area contributed by atoms with E-state index in [1.54, 1.807) is 24.3 Å². The van der Waals surface area contributed by atoms with Gasteiger partial charge in [0.1, 0.15) is 6.73 Å². The van der Waals surface area contributed by atoms with Crippen LogP contribution in [0, 0.1) is 0 Å². The second-order valence-corrected chi connectivity index (χ2v) is 3.91. The van der Waals surface area contributed by atoms with Crippen LogP contribution in [0.5, 0.6) is 0 Å². The Labute approximate surface area is 104 Å². The summed E-state index contributed by atoms with van der Waals surface area (Å²) in [5.41, 5.74) is 0.704. The van der Waals surface area contributed by atoms with E-state index < -0.39 is 12.9 Å². The van der Waals surface area contributed by atoms with E-state index in [1.165, 1.54) is 11.8 Å². The van der Waals surface area contributed by atoms with Crippen LogP contribution >= 0.6 is 0 Å². The van der Waals surface area contributed by atoms with Gasteiger partial charge in [0.05, 0.1) is 0 Å². The van der Waals surface area contributed by atoms with Crippen molar-refractivity contribution in [1.29, 1.82) is 0 Å². The van der Waals surface area contributed by atoms with Gasteiger partial charge in [-0.25, -0.2) is 0 Å². The molecule has 1 aliphatic heterocycles. The van der Waals surface area contributed by atoms with Crippen LogP contribution in [-0.2, 0) is 14.4 Å². The van der Waals surface area contributed by atoms with Gasteiger partial charge in [-0.15, -0.1) is 0 Å². The van der Waals surface area contributed by atoms with Crippen LogP contribution in [0.15, 0.2) is 30.3 Å². The Morgan fingerprint density at radius 2 is 2.11 bits per heavy atom. The van der Waals surface area contributed by atoms with Crippen LogP contribution in [0.4, 0.5) is 0 Å². The minimum absolute atomic E-state index is 0.247. The lowest BCUT2D eigenvalue weighted by Crippen LogP contribution is -2.53. The van der Waals surface area contributed by atoms with Gasteiger partial charge >= 0.3 is 0 Å². The molecule has 1 heterocycles. The maximum atomic E-state index is 11.7. The Bertz CT molecular complexity index is 447. The summed E-state index contributed by atoms with van der Waals surface area (Å²) in [5, 5.41) is 10.4. The van der Waals surface area contributed by atoms with Gasteiger partial charge in [0, 0.05) is 6.92 Å². The van der Waals surface area contributed by atoms with Crippen molar-refractivity contribution >= 4 is 11.8 Å². The standard InChI is InChI=1S/C12H14N2O4/c1-9(16)14-12(10-5-3-2-4-6-10)13(8-15)11(17)7-18-14/h2-6,12,15H,7-8H2,1H3. The van der Waals surface area contributed by atoms with Gasteiger partial charge < -0.3 is 5.11 Å². The van der Waals surface area contributed by atoms with Crippen LogP contribution in [-0.4, -0.2) is 40.2 Å². The highest BCUT2D eigenvalue weighted by Gasteiger charge is 2.37. The lowest BCUT2D eigenvalue weighted by atomic mass is 10.1. The smallest absolute Gasteiger partial charge is 0.255 e. The summed E-state index contributed by atoms with van der Waals surface area (Å²) >= 11 is 0. The summed E-state index contributed by atoms with van der Waals surface area (Å²) in [6, 6.07) is 8.96. The lowest BCUT2D eigenvalue weighted by Gasteiger charge is -2.41. The summed E-state index contributed by atoms with van der Waals surface area (Å²) in [6.45, 7) is 0.635. The third-order valence-corrected chi connectivity index (χ3v) is 2.73. The third kappa shape index (κ3) is 2.20. The highest BCUT2D eigenvalue weighted by molar-refractivity contribution is 5.81. The number of carbonyl (C=O) groups excluding carboxylic acids is 2. The molecule has 0 radical (unpaired) electrons. The van der Waals surface area contributed by atoms with Crippen LogP contribution in [0.25, 0.3) is 0 Å². The van der Waals surface area contributed by atoms with Gasteiger partial charge in [-0.1, -0.05) is 30.3 Å². The quantitative estimate of drug-likeness (QED) is 0.817. The Morgan fingerprint density at radius 1 is 1.44 bits per heavy atom. The molecule has 1 unspecified atom stereocenters. The summed E-state index contributed by atoms with van der Waals surface area (Å²) in [4.78, 5) is 29.5. The van der Waals surface area contributed by atoms with Crippen LogP contribution in [0.2, 0.25) is 0 Å². The molecule has 0 spiro atoms. The molecule has 2 rings (SSSR count). The number of rotatable bonds is 2. The predicted octanol–water partition coefficient (Wildman–Crippen LogP) is 0.257. The number of aliphatic hydroxyl groups is 1. The first-order valence-corrected chi connectivity index (χ1v) is 5.53. The normalized spacial score (nSPS) is 20.1. The summed E-state index contributed by atoms with van der Waals surface area (Å²) in [6.07, 6.45) is -0.727. The first-order chi connectivity index (χ1) is 8.65. The zero-order valence-corrected chi connectivity index (χ0v) is 9.94. The number of hydrogen-bond acceptors (Lipinski definition) is 4. The van der Waals surface area contributed by atoms with Crippen molar-refractivity contribution in [3.63, 3.8) is 0 Å². The number of carbonyl (C=O) groups is 2. The zero-order chi connectivity index (χ0) is 13.1. The number of hydrogen-bond donors (Lipinski definition) is 1. The van der Waals surface area contributed by atoms with Crippen molar-refractivity contribution in [3.05, 3.63) is 35.9 Å². The molecule has 1 atom stereocenters. The molecule has 1 fully saturated rings. The fourth-order valence-corrected chi connectivity index (χ4v) is 1.90. The molecule has 96 valence electrons. The summed E-state index contributed by atoms with van der Waals surface area (Å²) in [7, 11) is 0. The van der Waals surface area contributed by atoms with E-state index in [0.29, 0.717) is 5.56 Å². The fourth-order valence-electron chi connectivity index (χ4n) is 1.90. The molecular formula is C12H14N2O4. The van der Waals surface area contributed by atoms with Crippen LogP contribution in [0.1, 0.15) is 18.7 Å². The van der Waals surface area contributed by atoms with E-state index in [1.807, 2.05) is 6.07 Å². The highest BCUT2D eigenvalue weighted by Crippen LogP contribution is 2.28. The number of nitrogens with zero attached hydrogens (tertiary/aromatic N) is 2. The van der Waals surface area contributed by atoms with E-state index in [-0.39, 0.29) is 18.4 Å². The Morgan fingerprint density at radius 3 is 2.67 bits per heavy atom. The van der Waals surface area contributed by atoms with Crippen molar-refractivity contribution in [2.75, 3.05) is 13.3 Å². The van der Waals surface area contributed by atoms with Crippen molar-refractivity contribution < 1.29 is 19.5 Å². The number of benzene rings is 1. The van der Waals surface area contributed by atoms with Gasteiger partial charge in [-0.2, -0.15) is 5.06 Å². The van der Waals surface area contributed by atoms with E-state index in [2.05, 4.69) is 0 Å². The average Bonchev–Trinajstić information content (AvgIpc) is 2.39. The largest absolute Gasteiger partial charge is 0.376 e. The second-order valence-electron chi connectivity index (χ2n) is 3.91. The molecule has 1 aromatic carbocycles. The topological polar surface area (TPSA) is 70.1 Å². The van der Waals surface area contributed by atoms with Gasteiger partial charge in [-0.3, -0.25) is 19.3 Å². The Kier molecular flexibility index (Phi) is 3.59. The highest BCUT2D eigenvalue weighted by atomic mass is 16.7. The molecule has 0 aliphatic carbocycles. The van der Waals surface area contributed by atoms with E-state index in [4.69, 9.17) is 4.84 Å². The van der Waals surface area contributed by atoms with E-state index in [9.17, 15) is 14.7 Å². The Hall–Kier alpha value is -1.92. The van der Waals surface area contributed by atoms with Crippen molar-refractivity contribution in [2.24, 2.45) is 0 Å². The molecule has 18 heavy (non-hydrogen) atoms. The Balaban J connectivity index is 2.40. The molecule has 1 aromatic rings. The maximum absolute atomic E-state index is 11.7. The SMILES string of the molecule is CC(=O)N1OCC(=O)N(CO)C1c1ccccc1. The molecule has 0 saturated carbocycles. The molecule has 1 N–H and O–H groups in total. The fraction of sp³-hybridized carbons (Fsp3) is 0.333. The molecule has 0 aromatic heterocycles.